The number of aryl methyl sites for hydroxylation is 1. The Morgan fingerprint density at radius 2 is 2.40 bits per heavy atom. The number of ketones is 1. The lowest BCUT2D eigenvalue weighted by Gasteiger charge is -2.25. The second kappa shape index (κ2) is 3.49. The van der Waals surface area contributed by atoms with E-state index in [4.69, 9.17) is 5.73 Å². The van der Waals surface area contributed by atoms with Crippen LogP contribution in [0.4, 0.5) is 5.82 Å². The molecule has 5 nitrogen and oxygen atoms in total. The first-order valence-corrected chi connectivity index (χ1v) is 4.97. The van der Waals surface area contributed by atoms with Crippen molar-refractivity contribution in [3.8, 4) is 0 Å². The molecule has 2 N–H and O–H groups in total. The van der Waals surface area contributed by atoms with Gasteiger partial charge in [0.1, 0.15) is 0 Å². The molecule has 0 aliphatic carbocycles. The summed E-state index contributed by atoms with van der Waals surface area (Å²) < 4.78 is 1.49. The molecule has 0 saturated heterocycles. The number of rotatable bonds is 1. The lowest BCUT2D eigenvalue weighted by molar-refractivity contribution is -0.120. The fourth-order valence-corrected chi connectivity index (χ4v) is 2.03. The molecule has 80 valence electrons. The molecule has 0 amide bonds. The molecule has 1 aliphatic rings. The van der Waals surface area contributed by atoms with Crippen molar-refractivity contribution in [2.45, 2.75) is 32.2 Å². The number of anilines is 1. The zero-order valence-corrected chi connectivity index (χ0v) is 8.56. The van der Waals surface area contributed by atoms with E-state index < -0.39 is 0 Å². The monoisotopic (exact) mass is 207 g/mol. The van der Waals surface area contributed by atoms with Crippen molar-refractivity contribution in [3.05, 3.63) is 22.2 Å². The molecule has 0 radical (unpaired) electrons. The Labute approximate surface area is 86.9 Å². The molecule has 1 aromatic rings. The molecule has 1 atom stereocenters. The summed E-state index contributed by atoms with van der Waals surface area (Å²) in [5.41, 5.74) is 5.92. The number of nitrogen functional groups attached to an aromatic ring is 1. The van der Waals surface area contributed by atoms with Crippen molar-refractivity contribution >= 4 is 11.6 Å². The van der Waals surface area contributed by atoms with Crippen molar-refractivity contribution < 1.29 is 4.79 Å². The highest BCUT2D eigenvalue weighted by atomic mass is 16.1. The molecule has 2 rings (SSSR count). The van der Waals surface area contributed by atoms with Gasteiger partial charge in [0.05, 0.1) is 6.04 Å². The second-order valence-electron chi connectivity index (χ2n) is 3.83. The Hall–Kier alpha value is -1.65. The van der Waals surface area contributed by atoms with Gasteiger partial charge in [-0.1, -0.05) is 0 Å². The molecule has 0 saturated carbocycles. The van der Waals surface area contributed by atoms with Gasteiger partial charge < -0.3 is 5.73 Å². The number of carbonyl (C=O) groups is 1. The fraction of sp³-hybridized carbons (Fsp3) is 0.500. The maximum Gasteiger partial charge on any atom is 0.293 e. The Bertz CT molecular complexity index is 464. The maximum atomic E-state index is 11.8. The maximum absolute atomic E-state index is 11.8. The van der Waals surface area contributed by atoms with Gasteiger partial charge in [-0.15, -0.1) is 0 Å². The van der Waals surface area contributed by atoms with Crippen molar-refractivity contribution in [2.24, 2.45) is 0 Å². The Kier molecular flexibility index (Phi) is 2.30. The van der Waals surface area contributed by atoms with Gasteiger partial charge in [-0.25, -0.2) is 4.98 Å². The van der Waals surface area contributed by atoms with E-state index in [-0.39, 0.29) is 23.2 Å². The third-order valence-corrected chi connectivity index (χ3v) is 2.79. The van der Waals surface area contributed by atoms with Crippen LogP contribution in [0.5, 0.6) is 0 Å². The van der Waals surface area contributed by atoms with Crippen LogP contribution in [0.15, 0.2) is 11.0 Å². The summed E-state index contributed by atoms with van der Waals surface area (Å²) in [6, 6.07) is -0.355. The molecule has 0 aromatic carbocycles. The molecule has 15 heavy (non-hydrogen) atoms. The third kappa shape index (κ3) is 1.54. The summed E-state index contributed by atoms with van der Waals surface area (Å²) in [4.78, 5) is 27.0. The van der Waals surface area contributed by atoms with Crippen molar-refractivity contribution in [3.63, 3.8) is 0 Å². The molecule has 1 aliphatic heterocycles. The molecular formula is C10H13N3O2. The van der Waals surface area contributed by atoms with Crippen LogP contribution in [-0.4, -0.2) is 15.3 Å². The van der Waals surface area contributed by atoms with Gasteiger partial charge in [0, 0.05) is 11.9 Å². The third-order valence-electron chi connectivity index (χ3n) is 2.79. The van der Waals surface area contributed by atoms with Crippen LogP contribution < -0.4 is 11.3 Å². The molecule has 1 aromatic heterocycles. The van der Waals surface area contributed by atoms with Crippen LogP contribution in [0.25, 0.3) is 0 Å². The number of hydrogen-bond acceptors (Lipinski definition) is 4. The summed E-state index contributed by atoms with van der Waals surface area (Å²) >= 11 is 0. The van der Waals surface area contributed by atoms with Crippen molar-refractivity contribution in [2.75, 3.05) is 5.73 Å². The minimum absolute atomic E-state index is 0.00338. The zero-order chi connectivity index (χ0) is 11.0. The van der Waals surface area contributed by atoms with Gasteiger partial charge in [0.15, 0.2) is 11.6 Å². The fourth-order valence-electron chi connectivity index (χ4n) is 2.03. The number of nitrogens with two attached hydrogens (primary N) is 1. The van der Waals surface area contributed by atoms with Crippen LogP contribution in [-0.2, 0) is 11.2 Å². The average molecular weight is 207 g/mol. The largest absolute Gasteiger partial charge is 0.379 e. The van der Waals surface area contributed by atoms with Gasteiger partial charge in [-0.05, 0) is 26.2 Å². The van der Waals surface area contributed by atoms with Crippen LogP contribution in [0, 0.1) is 0 Å². The van der Waals surface area contributed by atoms with Crippen LogP contribution >= 0.6 is 0 Å². The van der Waals surface area contributed by atoms with E-state index in [1.807, 2.05) is 0 Å². The molecule has 5 heteroatoms. The summed E-state index contributed by atoms with van der Waals surface area (Å²) in [6.45, 7) is 1.50. The number of fused-ring (bicyclic) bond motifs is 1. The summed E-state index contributed by atoms with van der Waals surface area (Å²) in [7, 11) is 0. The number of aromatic nitrogens is 2. The molecular weight excluding hydrogens is 194 g/mol. The van der Waals surface area contributed by atoms with Gasteiger partial charge >= 0.3 is 0 Å². The van der Waals surface area contributed by atoms with Gasteiger partial charge in [0.25, 0.3) is 5.56 Å². The Balaban J connectivity index is 2.63. The molecule has 2 heterocycles. The first-order chi connectivity index (χ1) is 7.11. The van der Waals surface area contributed by atoms with Gasteiger partial charge in [0.2, 0.25) is 0 Å². The van der Waals surface area contributed by atoms with E-state index in [2.05, 4.69) is 4.98 Å². The normalized spacial score (nSPS) is 19.7. The lowest BCUT2D eigenvalue weighted by Crippen LogP contribution is -2.36. The van der Waals surface area contributed by atoms with E-state index in [0.29, 0.717) is 6.42 Å². The minimum atomic E-state index is -0.355. The van der Waals surface area contributed by atoms with E-state index in [1.165, 1.54) is 11.5 Å². The van der Waals surface area contributed by atoms with E-state index in [0.717, 1.165) is 18.5 Å². The van der Waals surface area contributed by atoms with E-state index >= 15 is 0 Å². The topological polar surface area (TPSA) is 78.0 Å². The first-order valence-electron chi connectivity index (χ1n) is 4.97. The summed E-state index contributed by atoms with van der Waals surface area (Å²) in [6.07, 6.45) is 4.00. The number of carbonyl (C=O) groups excluding carboxylic acids is 1. The summed E-state index contributed by atoms with van der Waals surface area (Å²) in [5.74, 6) is -0.0319. The quantitative estimate of drug-likeness (QED) is 0.718. The minimum Gasteiger partial charge on any atom is -0.379 e. The summed E-state index contributed by atoms with van der Waals surface area (Å²) in [5, 5.41) is 0. The average Bonchev–Trinajstić information content (AvgIpc) is 2.23. The Morgan fingerprint density at radius 1 is 1.67 bits per heavy atom. The first kappa shape index (κ1) is 9.89. The highest BCUT2D eigenvalue weighted by Crippen LogP contribution is 2.23. The number of nitrogens with zero attached hydrogens (tertiary/aromatic N) is 2. The molecule has 0 spiro atoms. The SMILES string of the molecule is CC(=O)C1CCCc2cnc(N)c(=O)n21. The molecule has 1 unspecified atom stereocenters. The van der Waals surface area contributed by atoms with Gasteiger partial charge in [-0.2, -0.15) is 0 Å². The number of Topliss-reactive ketones (excluding diaryl/α,β-unsaturated/α-hetero) is 1. The predicted octanol–water partition coefficient (Wildman–Crippen LogP) is 0.292. The van der Waals surface area contributed by atoms with Crippen LogP contribution in [0.2, 0.25) is 0 Å². The van der Waals surface area contributed by atoms with Crippen molar-refractivity contribution in [1.29, 1.82) is 0 Å². The second-order valence-corrected chi connectivity index (χ2v) is 3.83. The zero-order valence-electron chi connectivity index (χ0n) is 8.56. The van der Waals surface area contributed by atoms with Crippen LogP contribution in [0.1, 0.15) is 31.5 Å². The molecule has 0 bridgehead atoms. The van der Waals surface area contributed by atoms with Crippen molar-refractivity contribution in [1.82, 2.24) is 9.55 Å². The highest BCUT2D eigenvalue weighted by Gasteiger charge is 2.25. The lowest BCUT2D eigenvalue weighted by atomic mass is 9.99. The predicted molar refractivity (Wildman–Crippen MR) is 55.6 cm³/mol. The van der Waals surface area contributed by atoms with E-state index in [9.17, 15) is 9.59 Å². The highest BCUT2D eigenvalue weighted by molar-refractivity contribution is 5.80. The Morgan fingerprint density at radius 3 is 3.07 bits per heavy atom. The van der Waals surface area contributed by atoms with Crippen LogP contribution in [0.3, 0.4) is 0 Å². The molecule has 0 fully saturated rings. The van der Waals surface area contributed by atoms with E-state index in [1.54, 1.807) is 6.20 Å². The number of hydrogen-bond donors (Lipinski definition) is 1. The standard InChI is InChI=1S/C10H13N3O2/c1-6(14)8-4-2-3-7-5-12-9(11)10(15)13(7)8/h5,8H,2-4H2,1H3,(H2,11,12). The van der Waals surface area contributed by atoms with Gasteiger partial charge in [-0.3, -0.25) is 14.2 Å². The smallest absolute Gasteiger partial charge is 0.293 e.